The van der Waals surface area contributed by atoms with Crippen LogP contribution in [-0.4, -0.2) is 23.3 Å². The van der Waals surface area contributed by atoms with Crippen molar-refractivity contribution in [2.24, 2.45) is 5.41 Å². The zero-order valence-corrected chi connectivity index (χ0v) is 15.1. The standard InChI is InChI=1S/C20H22FN3O2/c1-20(2,3)19(26)24-17-6-4-5-16(23-17)14-8-7-12(11-15(14)21)13-9-10-22-18(13)25/h4-8,11,13H,9-10H2,1-3H3,(H,22,25)(H,23,24,26). The van der Waals surface area contributed by atoms with E-state index in [0.29, 0.717) is 35.6 Å². The Hall–Kier alpha value is -2.76. The fourth-order valence-corrected chi connectivity index (χ4v) is 2.83. The van der Waals surface area contributed by atoms with Gasteiger partial charge in [0.1, 0.15) is 11.6 Å². The van der Waals surface area contributed by atoms with E-state index in [2.05, 4.69) is 15.6 Å². The van der Waals surface area contributed by atoms with Crippen molar-refractivity contribution in [2.45, 2.75) is 33.1 Å². The maximum absolute atomic E-state index is 14.6. The summed E-state index contributed by atoms with van der Waals surface area (Å²) in [5.41, 5.74) is 0.876. The van der Waals surface area contributed by atoms with Crippen molar-refractivity contribution in [1.29, 1.82) is 0 Å². The number of nitrogens with one attached hydrogen (secondary N) is 2. The zero-order chi connectivity index (χ0) is 18.9. The Morgan fingerprint density at radius 3 is 2.65 bits per heavy atom. The van der Waals surface area contributed by atoms with Crippen molar-refractivity contribution < 1.29 is 14.0 Å². The Balaban J connectivity index is 1.86. The first-order valence-corrected chi connectivity index (χ1v) is 8.62. The lowest BCUT2D eigenvalue weighted by molar-refractivity contribution is -0.123. The van der Waals surface area contributed by atoms with Crippen molar-refractivity contribution in [1.82, 2.24) is 10.3 Å². The number of anilines is 1. The van der Waals surface area contributed by atoms with E-state index < -0.39 is 11.2 Å². The van der Waals surface area contributed by atoms with Crippen LogP contribution < -0.4 is 10.6 Å². The van der Waals surface area contributed by atoms with Gasteiger partial charge in [-0.3, -0.25) is 9.59 Å². The third kappa shape index (κ3) is 3.74. The molecule has 2 heterocycles. The molecular weight excluding hydrogens is 333 g/mol. The number of pyridine rings is 1. The molecule has 1 aromatic carbocycles. The topological polar surface area (TPSA) is 71.1 Å². The Morgan fingerprint density at radius 1 is 1.27 bits per heavy atom. The molecule has 1 aromatic heterocycles. The van der Waals surface area contributed by atoms with Gasteiger partial charge in [0.05, 0.1) is 11.6 Å². The molecule has 6 heteroatoms. The highest BCUT2D eigenvalue weighted by Crippen LogP contribution is 2.29. The molecule has 1 atom stereocenters. The van der Waals surface area contributed by atoms with E-state index in [9.17, 15) is 14.0 Å². The number of carbonyl (C=O) groups is 2. The van der Waals surface area contributed by atoms with Crippen LogP contribution >= 0.6 is 0 Å². The number of hydrogen-bond acceptors (Lipinski definition) is 3. The number of hydrogen-bond donors (Lipinski definition) is 2. The molecule has 0 saturated carbocycles. The number of halogens is 1. The van der Waals surface area contributed by atoms with E-state index in [1.807, 2.05) is 20.8 Å². The van der Waals surface area contributed by atoms with E-state index in [-0.39, 0.29) is 17.7 Å². The van der Waals surface area contributed by atoms with Gasteiger partial charge in [-0.05, 0) is 36.2 Å². The Bertz CT molecular complexity index is 858. The lowest BCUT2D eigenvalue weighted by Gasteiger charge is -2.17. The second-order valence-corrected chi connectivity index (χ2v) is 7.48. The summed E-state index contributed by atoms with van der Waals surface area (Å²) in [6, 6.07) is 9.87. The number of benzene rings is 1. The van der Waals surface area contributed by atoms with Crippen LogP contribution in [0.3, 0.4) is 0 Å². The molecule has 1 aliphatic rings. The summed E-state index contributed by atoms with van der Waals surface area (Å²) in [7, 11) is 0. The van der Waals surface area contributed by atoms with Gasteiger partial charge < -0.3 is 10.6 Å². The Kier molecular flexibility index (Phi) is 4.76. The second-order valence-electron chi connectivity index (χ2n) is 7.48. The van der Waals surface area contributed by atoms with E-state index in [1.165, 1.54) is 6.07 Å². The van der Waals surface area contributed by atoms with Gasteiger partial charge in [-0.2, -0.15) is 0 Å². The number of nitrogens with zero attached hydrogens (tertiary/aromatic N) is 1. The summed E-state index contributed by atoms with van der Waals surface area (Å²) in [5.74, 6) is -0.591. The van der Waals surface area contributed by atoms with Crippen LogP contribution in [-0.2, 0) is 9.59 Å². The predicted octanol–water partition coefficient (Wildman–Crippen LogP) is 3.48. The summed E-state index contributed by atoms with van der Waals surface area (Å²) >= 11 is 0. The van der Waals surface area contributed by atoms with Crippen LogP contribution in [0.5, 0.6) is 0 Å². The van der Waals surface area contributed by atoms with Crippen LogP contribution in [0, 0.1) is 11.2 Å². The van der Waals surface area contributed by atoms with Gasteiger partial charge in [0.25, 0.3) is 0 Å². The van der Waals surface area contributed by atoms with Gasteiger partial charge >= 0.3 is 0 Å². The molecule has 1 saturated heterocycles. The van der Waals surface area contributed by atoms with Crippen molar-refractivity contribution in [2.75, 3.05) is 11.9 Å². The van der Waals surface area contributed by atoms with Gasteiger partial charge in [-0.25, -0.2) is 9.37 Å². The molecule has 3 rings (SSSR count). The van der Waals surface area contributed by atoms with E-state index in [4.69, 9.17) is 0 Å². The maximum Gasteiger partial charge on any atom is 0.230 e. The molecule has 2 N–H and O–H groups in total. The number of aromatic nitrogens is 1. The first kappa shape index (κ1) is 18.0. The zero-order valence-electron chi connectivity index (χ0n) is 15.1. The largest absolute Gasteiger partial charge is 0.356 e. The maximum atomic E-state index is 14.6. The molecular formula is C20H22FN3O2. The molecule has 1 fully saturated rings. The third-order valence-corrected chi connectivity index (χ3v) is 4.39. The number of carbonyl (C=O) groups excluding carboxylic acids is 2. The normalized spacial score (nSPS) is 17.1. The number of rotatable bonds is 3. The minimum atomic E-state index is -0.549. The summed E-state index contributed by atoms with van der Waals surface area (Å²) in [5, 5.41) is 5.51. The first-order valence-electron chi connectivity index (χ1n) is 8.62. The summed E-state index contributed by atoms with van der Waals surface area (Å²) in [6.07, 6.45) is 0.671. The molecule has 1 aliphatic heterocycles. The van der Waals surface area contributed by atoms with E-state index in [1.54, 1.807) is 30.3 Å². The lowest BCUT2D eigenvalue weighted by atomic mass is 9.95. The first-order chi connectivity index (χ1) is 12.3. The fourth-order valence-electron chi connectivity index (χ4n) is 2.83. The van der Waals surface area contributed by atoms with Crippen LogP contribution in [0.15, 0.2) is 36.4 Å². The van der Waals surface area contributed by atoms with Gasteiger partial charge in [-0.15, -0.1) is 0 Å². The minimum absolute atomic E-state index is 0.0674. The van der Waals surface area contributed by atoms with Gasteiger partial charge in [0, 0.05) is 17.5 Å². The van der Waals surface area contributed by atoms with Gasteiger partial charge in [-0.1, -0.05) is 32.9 Å². The van der Waals surface area contributed by atoms with Crippen molar-refractivity contribution >= 4 is 17.6 Å². The van der Waals surface area contributed by atoms with Crippen LogP contribution in [0.1, 0.15) is 38.7 Å². The molecule has 0 spiro atoms. The van der Waals surface area contributed by atoms with E-state index >= 15 is 0 Å². The number of amides is 2. The monoisotopic (exact) mass is 355 g/mol. The van der Waals surface area contributed by atoms with Crippen molar-refractivity contribution in [3.63, 3.8) is 0 Å². The highest BCUT2D eigenvalue weighted by Gasteiger charge is 2.26. The molecule has 26 heavy (non-hydrogen) atoms. The Labute approximate surface area is 152 Å². The second kappa shape index (κ2) is 6.86. The molecule has 2 aromatic rings. The third-order valence-electron chi connectivity index (χ3n) is 4.39. The molecule has 0 radical (unpaired) electrons. The van der Waals surface area contributed by atoms with Crippen LogP contribution in [0.2, 0.25) is 0 Å². The summed E-state index contributed by atoms with van der Waals surface area (Å²) in [4.78, 5) is 28.2. The lowest BCUT2D eigenvalue weighted by Crippen LogP contribution is -2.28. The smallest absolute Gasteiger partial charge is 0.230 e. The van der Waals surface area contributed by atoms with Gasteiger partial charge in [0.15, 0.2) is 0 Å². The van der Waals surface area contributed by atoms with Crippen LogP contribution in [0.4, 0.5) is 10.2 Å². The van der Waals surface area contributed by atoms with Gasteiger partial charge in [0.2, 0.25) is 11.8 Å². The molecule has 2 amide bonds. The molecule has 0 bridgehead atoms. The summed E-state index contributed by atoms with van der Waals surface area (Å²) < 4.78 is 14.6. The molecule has 136 valence electrons. The predicted molar refractivity (Wildman–Crippen MR) is 98.1 cm³/mol. The Morgan fingerprint density at radius 2 is 2.04 bits per heavy atom. The molecule has 1 unspecified atom stereocenters. The average Bonchev–Trinajstić information content (AvgIpc) is 3.00. The molecule has 0 aliphatic carbocycles. The minimum Gasteiger partial charge on any atom is -0.356 e. The fraction of sp³-hybridized carbons (Fsp3) is 0.350. The quantitative estimate of drug-likeness (QED) is 0.885. The highest BCUT2D eigenvalue weighted by atomic mass is 19.1. The average molecular weight is 355 g/mol. The summed E-state index contributed by atoms with van der Waals surface area (Å²) in [6.45, 7) is 6.04. The van der Waals surface area contributed by atoms with Crippen LogP contribution in [0.25, 0.3) is 11.3 Å². The van der Waals surface area contributed by atoms with E-state index in [0.717, 1.165) is 0 Å². The molecule has 5 nitrogen and oxygen atoms in total. The van der Waals surface area contributed by atoms with Crippen molar-refractivity contribution in [3.05, 3.63) is 47.8 Å². The van der Waals surface area contributed by atoms with Crippen molar-refractivity contribution in [3.8, 4) is 11.3 Å². The highest BCUT2D eigenvalue weighted by molar-refractivity contribution is 5.93. The SMILES string of the molecule is CC(C)(C)C(=O)Nc1cccc(-c2ccc(C3CCNC3=O)cc2F)n1.